The zero-order valence-corrected chi connectivity index (χ0v) is 20.4. The van der Waals surface area contributed by atoms with E-state index in [9.17, 15) is 14.4 Å². The van der Waals surface area contributed by atoms with Crippen molar-refractivity contribution in [3.63, 3.8) is 0 Å². The third-order valence-corrected chi connectivity index (χ3v) is 5.79. The summed E-state index contributed by atoms with van der Waals surface area (Å²) in [4.78, 5) is 41.0. The van der Waals surface area contributed by atoms with Crippen LogP contribution in [0.3, 0.4) is 0 Å². The molecule has 37 heavy (non-hydrogen) atoms. The number of rotatable bonds is 10. The highest BCUT2D eigenvalue weighted by molar-refractivity contribution is 6.02. The van der Waals surface area contributed by atoms with Crippen molar-refractivity contribution < 1.29 is 23.9 Å². The Morgan fingerprint density at radius 3 is 1.70 bits per heavy atom. The molecule has 0 unspecified atom stereocenters. The van der Waals surface area contributed by atoms with Gasteiger partial charge in [0.1, 0.15) is 5.75 Å². The molecule has 186 valence electrons. The van der Waals surface area contributed by atoms with E-state index in [1.54, 1.807) is 60.5 Å². The summed E-state index contributed by atoms with van der Waals surface area (Å²) >= 11 is 0. The third-order valence-electron chi connectivity index (χ3n) is 5.79. The summed E-state index contributed by atoms with van der Waals surface area (Å²) in [6, 6.07) is 33.9. The second kappa shape index (κ2) is 12.3. The van der Waals surface area contributed by atoms with Crippen molar-refractivity contribution in [2.75, 3.05) is 12.0 Å². The molecule has 0 bridgehead atoms. The van der Waals surface area contributed by atoms with Crippen LogP contribution in [-0.4, -0.2) is 24.8 Å². The number of esters is 1. The summed E-state index contributed by atoms with van der Waals surface area (Å²) in [5.74, 6) is -0.634. The molecule has 0 saturated heterocycles. The van der Waals surface area contributed by atoms with Gasteiger partial charge in [-0.3, -0.25) is 19.3 Å². The van der Waals surface area contributed by atoms with Gasteiger partial charge in [-0.2, -0.15) is 0 Å². The standard InChI is InChI=1S/C31H27NO5/c1-36-27-19-17-23(18-20-27)30(35)31(24-11-5-2-6-12-24)37-29(34)22-21-28(33)32(25-13-7-3-8-14-25)26-15-9-4-10-16-26/h2-20,31H,21-22H2,1H3/t31-/m1/s1. The van der Waals surface area contributed by atoms with Gasteiger partial charge in [0.15, 0.2) is 6.10 Å². The lowest BCUT2D eigenvalue weighted by molar-refractivity contribution is -0.148. The van der Waals surface area contributed by atoms with E-state index in [2.05, 4.69) is 0 Å². The van der Waals surface area contributed by atoms with E-state index in [0.29, 0.717) is 28.3 Å². The van der Waals surface area contributed by atoms with Crippen LogP contribution in [0, 0.1) is 0 Å². The third kappa shape index (κ3) is 6.49. The molecule has 4 rings (SSSR count). The van der Waals surface area contributed by atoms with E-state index < -0.39 is 12.1 Å². The van der Waals surface area contributed by atoms with Gasteiger partial charge < -0.3 is 9.47 Å². The Labute approximate surface area is 216 Å². The van der Waals surface area contributed by atoms with Crippen molar-refractivity contribution in [1.29, 1.82) is 0 Å². The fourth-order valence-corrected chi connectivity index (χ4v) is 3.91. The lowest BCUT2D eigenvalue weighted by Crippen LogP contribution is -2.27. The van der Waals surface area contributed by atoms with Gasteiger partial charge >= 0.3 is 5.97 Å². The van der Waals surface area contributed by atoms with E-state index in [1.807, 2.05) is 66.7 Å². The summed E-state index contributed by atoms with van der Waals surface area (Å²) in [5.41, 5.74) is 2.34. The SMILES string of the molecule is COc1ccc(C(=O)[C@H](OC(=O)CCC(=O)N(c2ccccc2)c2ccccc2)c2ccccc2)cc1. The Morgan fingerprint density at radius 2 is 1.19 bits per heavy atom. The van der Waals surface area contributed by atoms with E-state index in [-0.39, 0.29) is 24.5 Å². The minimum Gasteiger partial charge on any atom is -0.497 e. The maximum absolute atomic E-state index is 13.3. The van der Waals surface area contributed by atoms with Crippen molar-refractivity contribution in [3.8, 4) is 5.75 Å². The molecule has 0 fully saturated rings. The largest absolute Gasteiger partial charge is 0.497 e. The van der Waals surface area contributed by atoms with Gasteiger partial charge in [0.05, 0.1) is 13.5 Å². The number of nitrogens with zero attached hydrogens (tertiary/aromatic N) is 1. The maximum Gasteiger partial charge on any atom is 0.307 e. The highest BCUT2D eigenvalue weighted by Crippen LogP contribution is 2.27. The molecule has 4 aromatic carbocycles. The lowest BCUT2D eigenvalue weighted by atomic mass is 9.99. The zero-order chi connectivity index (χ0) is 26.0. The van der Waals surface area contributed by atoms with Crippen LogP contribution in [0.1, 0.15) is 34.9 Å². The van der Waals surface area contributed by atoms with Crippen molar-refractivity contribution in [2.45, 2.75) is 18.9 Å². The van der Waals surface area contributed by atoms with Crippen LogP contribution in [0.2, 0.25) is 0 Å². The molecule has 0 aliphatic carbocycles. The zero-order valence-electron chi connectivity index (χ0n) is 20.4. The number of Topliss-reactive ketones (excluding diaryl/α,β-unsaturated/α-hetero) is 1. The average Bonchev–Trinajstić information content (AvgIpc) is 2.96. The summed E-state index contributed by atoms with van der Waals surface area (Å²) < 4.78 is 10.8. The molecule has 0 radical (unpaired) electrons. The Balaban J connectivity index is 1.49. The molecule has 0 aliphatic rings. The summed E-state index contributed by atoms with van der Waals surface area (Å²) in [7, 11) is 1.55. The fourth-order valence-electron chi connectivity index (χ4n) is 3.91. The molecule has 0 N–H and O–H groups in total. The number of hydrogen-bond acceptors (Lipinski definition) is 5. The Bertz CT molecular complexity index is 1280. The van der Waals surface area contributed by atoms with Gasteiger partial charge in [-0.15, -0.1) is 0 Å². The van der Waals surface area contributed by atoms with E-state index in [1.165, 1.54) is 0 Å². The number of methoxy groups -OCH3 is 1. The van der Waals surface area contributed by atoms with Crippen molar-refractivity contribution >= 4 is 29.0 Å². The Kier molecular flexibility index (Phi) is 8.45. The average molecular weight is 494 g/mol. The lowest BCUT2D eigenvalue weighted by Gasteiger charge is -2.23. The molecule has 1 amide bonds. The molecule has 0 heterocycles. The maximum atomic E-state index is 13.3. The molecular formula is C31H27NO5. The monoisotopic (exact) mass is 493 g/mol. The first-order valence-corrected chi connectivity index (χ1v) is 11.9. The highest BCUT2D eigenvalue weighted by Gasteiger charge is 2.27. The number of hydrogen-bond donors (Lipinski definition) is 0. The molecule has 0 aromatic heterocycles. The van der Waals surface area contributed by atoms with Crippen LogP contribution in [-0.2, 0) is 14.3 Å². The first-order valence-electron chi connectivity index (χ1n) is 11.9. The first kappa shape index (κ1) is 25.4. The van der Waals surface area contributed by atoms with Crippen LogP contribution < -0.4 is 9.64 Å². The van der Waals surface area contributed by atoms with Gasteiger partial charge in [0.2, 0.25) is 11.7 Å². The summed E-state index contributed by atoms with van der Waals surface area (Å²) in [5, 5.41) is 0. The predicted molar refractivity (Wildman–Crippen MR) is 142 cm³/mol. The number of amides is 1. The Morgan fingerprint density at radius 1 is 0.676 bits per heavy atom. The van der Waals surface area contributed by atoms with Crippen LogP contribution >= 0.6 is 0 Å². The van der Waals surface area contributed by atoms with Gasteiger partial charge in [-0.05, 0) is 48.5 Å². The topological polar surface area (TPSA) is 72.9 Å². The number of ketones is 1. The van der Waals surface area contributed by atoms with Crippen LogP contribution in [0.25, 0.3) is 0 Å². The van der Waals surface area contributed by atoms with Gasteiger partial charge in [0, 0.05) is 28.9 Å². The number of carbonyl (C=O) groups excluding carboxylic acids is 3. The molecule has 4 aromatic rings. The fraction of sp³-hybridized carbons (Fsp3) is 0.129. The van der Waals surface area contributed by atoms with Crippen LogP contribution in [0.15, 0.2) is 115 Å². The second-order valence-corrected chi connectivity index (χ2v) is 8.27. The highest BCUT2D eigenvalue weighted by atomic mass is 16.5. The number of carbonyl (C=O) groups is 3. The van der Waals surface area contributed by atoms with E-state index in [4.69, 9.17) is 9.47 Å². The van der Waals surface area contributed by atoms with Crippen LogP contribution in [0.4, 0.5) is 11.4 Å². The quantitative estimate of drug-likeness (QED) is 0.191. The molecular weight excluding hydrogens is 466 g/mol. The van der Waals surface area contributed by atoms with Crippen molar-refractivity contribution in [3.05, 3.63) is 126 Å². The Hall–Kier alpha value is -4.71. The smallest absolute Gasteiger partial charge is 0.307 e. The van der Waals surface area contributed by atoms with Crippen LogP contribution in [0.5, 0.6) is 5.75 Å². The summed E-state index contributed by atoms with van der Waals surface area (Å²) in [6.07, 6.45) is -1.38. The minimum atomic E-state index is -1.13. The van der Waals surface area contributed by atoms with E-state index >= 15 is 0 Å². The summed E-state index contributed by atoms with van der Waals surface area (Å²) in [6.45, 7) is 0. The molecule has 0 spiro atoms. The first-order chi connectivity index (χ1) is 18.1. The molecule has 6 nitrogen and oxygen atoms in total. The molecule has 6 heteroatoms. The number of ether oxygens (including phenoxy) is 2. The van der Waals surface area contributed by atoms with Crippen molar-refractivity contribution in [1.82, 2.24) is 0 Å². The van der Waals surface area contributed by atoms with Gasteiger partial charge in [0.25, 0.3) is 0 Å². The van der Waals surface area contributed by atoms with E-state index in [0.717, 1.165) is 0 Å². The predicted octanol–water partition coefficient (Wildman–Crippen LogP) is 6.31. The molecule has 0 aliphatic heterocycles. The van der Waals surface area contributed by atoms with Crippen molar-refractivity contribution in [2.24, 2.45) is 0 Å². The normalized spacial score (nSPS) is 11.3. The number of para-hydroxylation sites is 2. The number of anilines is 2. The molecule has 1 atom stereocenters. The van der Waals surface area contributed by atoms with Gasteiger partial charge in [-0.25, -0.2) is 0 Å². The van der Waals surface area contributed by atoms with Gasteiger partial charge in [-0.1, -0.05) is 66.7 Å². The second-order valence-electron chi connectivity index (χ2n) is 8.27. The molecule has 0 saturated carbocycles. The minimum absolute atomic E-state index is 0.0825. The number of benzene rings is 4.